The molecule has 1 aromatic carbocycles. The summed E-state index contributed by atoms with van der Waals surface area (Å²) in [7, 11) is 0. The number of rotatable bonds is 7. The average Bonchev–Trinajstić information content (AvgIpc) is 3.08. The zero-order valence-electron chi connectivity index (χ0n) is 13.0. The predicted molar refractivity (Wildman–Crippen MR) is 99.2 cm³/mol. The SMILES string of the molecule is Nc1c(NCCCn2ccnc2)ncnc1Nc1cccc(Br)c1. The van der Waals surface area contributed by atoms with E-state index in [2.05, 4.69) is 41.5 Å². The molecule has 0 atom stereocenters. The average molecular weight is 388 g/mol. The summed E-state index contributed by atoms with van der Waals surface area (Å²) < 4.78 is 3.02. The lowest BCUT2D eigenvalue weighted by molar-refractivity contribution is 0.660. The molecule has 0 spiro atoms. The van der Waals surface area contributed by atoms with Gasteiger partial charge in [0, 0.05) is 35.6 Å². The highest BCUT2D eigenvalue weighted by Crippen LogP contribution is 2.26. The first-order chi connectivity index (χ1) is 11.7. The number of aromatic nitrogens is 4. The minimum Gasteiger partial charge on any atom is -0.393 e. The standard InChI is InChI=1S/C16H18BrN7/c17-12-3-1-4-13(9-12)23-16-14(18)15(21-10-22-16)20-5-2-7-24-8-6-19-11-24/h1,3-4,6,8-11H,2,5,7,18H2,(H2,20,21,22,23). The molecule has 8 heteroatoms. The number of aryl methyl sites for hydroxylation is 1. The lowest BCUT2D eigenvalue weighted by Gasteiger charge is -2.12. The topological polar surface area (TPSA) is 93.7 Å². The van der Waals surface area contributed by atoms with E-state index in [1.54, 1.807) is 12.5 Å². The van der Waals surface area contributed by atoms with E-state index in [9.17, 15) is 0 Å². The second kappa shape index (κ2) is 7.78. The van der Waals surface area contributed by atoms with Crippen molar-refractivity contribution in [2.45, 2.75) is 13.0 Å². The van der Waals surface area contributed by atoms with E-state index in [1.807, 2.05) is 35.0 Å². The maximum Gasteiger partial charge on any atom is 0.159 e. The van der Waals surface area contributed by atoms with Gasteiger partial charge in [0.1, 0.15) is 12.0 Å². The number of anilines is 4. The van der Waals surface area contributed by atoms with Crippen LogP contribution in [0.25, 0.3) is 0 Å². The fraction of sp³-hybridized carbons (Fsp3) is 0.188. The first kappa shape index (κ1) is 16.3. The molecule has 2 aromatic heterocycles. The van der Waals surface area contributed by atoms with Gasteiger partial charge in [-0.1, -0.05) is 22.0 Å². The lowest BCUT2D eigenvalue weighted by atomic mass is 10.3. The lowest BCUT2D eigenvalue weighted by Crippen LogP contribution is -2.10. The van der Waals surface area contributed by atoms with Crippen molar-refractivity contribution >= 4 is 38.9 Å². The molecule has 7 nitrogen and oxygen atoms in total. The monoisotopic (exact) mass is 387 g/mol. The number of imidazole rings is 1. The van der Waals surface area contributed by atoms with Crippen LogP contribution in [0.1, 0.15) is 6.42 Å². The maximum absolute atomic E-state index is 6.17. The number of halogens is 1. The van der Waals surface area contributed by atoms with Crippen LogP contribution in [-0.2, 0) is 6.54 Å². The van der Waals surface area contributed by atoms with Crippen molar-refractivity contribution in [3.05, 3.63) is 53.8 Å². The quantitative estimate of drug-likeness (QED) is 0.538. The molecule has 0 unspecified atom stereocenters. The van der Waals surface area contributed by atoms with E-state index < -0.39 is 0 Å². The molecule has 0 saturated carbocycles. The first-order valence-corrected chi connectivity index (χ1v) is 8.34. The Kier molecular flexibility index (Phi) is 5.27. The molecule has 0 radical (unpaired) electrons. The summed E-state index contributed by atoms with van der Waals surface area (Å²) >= 11 is 3.44. The Morgan fingerprint density at radius 2 is 2.08 bits per heavy atom. The number of hydrogen-bond acceptors (Lipinski definition) is 6. The van der Waals surface area contributed by atoms with Crippen molar-refractivity contribution in [1.29, 1.82) is 0 Å². The summed E-state index contributed by atoms with van der Waals surface area (Å²) in [6.45, 7) is 1.65. The highest BCUT2D eigenvalue weighted by atomic mass is 79.9. The molecule has 0 fully saturated rings. The molecule has 0 bridgehead atoms. The number of hydrogen-bond donors (Lipinski definition) is 3. The van der Waals surface area contributed by atoms with Crippen LogP contribution >= 0.6 is 15.9 Å². The van der Waals surface area contributed by atoms with E-state index in [0.717, 1.165) is 29.7 Å². The number of nitrogens with two attached hydrogens (primary N) is 1. The van der Waals surface area contributed by atoms with E-state index in [4.69, 9.17) is 5.73 Å². The summed E-state index contributed by atoms with van der Waals surface area (Å²) in [5, 5.41) is 6.46. The molecular formula is C16H18BrN7. The van der Waals surface area contributed by atoms with Gasteiger partial charge in [-0.25, -0.2) is 15.0 Å². The normalized spacial score (nSPS) is 10.5. The van der Waals surface area contributed by atoms with Gasteiger partial charge in [-0.2, -0.15) is 0 Å². The second-order valence-corrected chi connectivity index (χ2v) is 6.12. The Labute approximate surface area is 148 Å². The van der Waals surface area contributed by atoms with Gasteiger partial charge in [-0.05, 0) is 24.6 Å². The molecule has 0 amide bonds. The van der Waals surface area contributed by atoms with Crippen molar-refractivity contribution in [2.75, 3.05) is 22.9 Å². The Morgan fingerprint density at radius 3 is 2.88 bits per heavy atom. The Morgan fingerprint density at radius 1 is 1.21 bits per heavy atom. The molecule has 124 valence electrons. The van der Waals surface area contributed by atoms with E-state index >= 15 is 0 Å². The van der Waals surface area contributed by atoms with Gasteiger partial charge in [-0.15, -0.1) is 0 Å². The second-order valence-electron chi connectivity index (χ2n) is 5.20. The summed E-state index contributed by atoms with van der Waals surface area (Å²) in [4.78, 5) is 12.5. The third-order valence-electron chi connectivity index (χ3n) is 3.42. The van der Waals surface area contributed by atoms with Crippen molar-refractivity contribution < 1.29 is 0 Å². The molecule has 0 saturated heterocycles. The molecular weight excluding hydrogens is 370 g/mol. The zero-order chi connectivity index (χ0) is 16.8. The molecule has 0 aliphatic rings. The van der Waals surface area contributed by atoms with Gasteiger partial charge in [0.15, 0.2) is 11.6 Å². The fourth-order valence-electron chi connectivity index (χ4n) is 2.23. The van der Waals surface area contributed by atoms with Crippen molar-refractivity contribution in [3.63, 3.8) is 0 Å². The van der Waals surface area contributed by atoms with Crippen LogP contribution in [0.5, 0.6) is 0 Å². The highest BCUT2D eigenvalue weighted by Gasteiger charge is 2.08. The van der Waals surface area contributed by atoms with Crippen molar-refractivity contribution in [1.82, 2.24) is 19.5 Å². The van der Waals surface area contributed by atoms with Crippen LogP contribution in [-0.4, -0.2) is 26.1 Å². The molecule has 3 aromatic rings. The van der Waals surface area contributed by atoms with Crippen molar-refractivity contribution in [3.8, 4) is 0 Å². The molecule has 4 N–H and O–H groups in total. The Balaban J connectivity index is 1.60. The third-order valence-corrected chi connectivity index (χ3v) is 3.91. The van der Waals surface area contributed by atoms with Crippen LogP contribution < -0.4 is 16.4 Å². The van der Waals surface area contributed by atoms with Crippen LogP contribution in [0.2, 0.25) is 0 Å². The Bertz CT molecular complexity index is 789. The smallest absolute Gasteiger partial charge is 0.159 e. The predicted octanol–water partition coefficient (Wildman–Crippen LogP) is 3.26. The van der Waals surface area contributed by atoms with E-state index in [0.29, 0.717) is 17.3 Å². The van der Waals surface area contributed by atoms with Crippen LogP contribution in [0, 0.1) is 0 Å². The third kappa shape index (κ3) is 4.23. The molecule has 3 rings (SSSR count). The van der Waals surface area contributed by atoms with Crippen LogP contribution in [0.15, 0.2) is 53.8 Å². The van der Waals surface area contributed by atoms with Gasteiger partial charge in [0.2, 0.25) is 0 Å². The minimum absolute atomic E-state index is 0.500. The summed E-state index contributed by atoms with van der Waals surface area (Å²) in [5.74, 6) is 1.22. The van der Waals surface area contributed by atoms with Crippen LogP contribution in [0.3, 0.4) is 0 Å². The highest BCUT2D eigenvalue weighted by molar-refractivity contribution is 9.10. The number of nitrogens with zero attached hydrogens (tertiary/aromatic N) is 4. The van der Waals surface area contributed by atoms with Gasteiger partial charge in [0.25, 0.3) is 0 Å². The number of nitrogen functional groups attached to an aromatic ring is 1. The Hall–Kier alpha value is -2.61. The number of benzene rings is 1. The first-order valence-electron chi connectivity index (χ1n) is 7.55. The zero-order valence-corrected chi connectivity index (χ0v) is 14.6. The van der Waals surface area contributed by atoms with Crippen molar-refractivity contribution in [2.24, 2.45) is 0 Å². The van der Waals surface area contributed by atoms with Gasteiger partial charge in [-0.3, -0.25) is 0 Å². The van der Waals surface area contributed by atoms with E-state index in [-0.39, 0.29) is 0 Å². The van der Waals surface area contributed by atoms with E-state index in [1.165, 1.54) is 6.33 Å². The summed E-state index contributed by atoms with van der Waals surface area (Å²) in [5.41, 5.74) is 7.57. The summed E-state index contributed by atoms with van der Waals surface area (Å²) in [6.07, 6.45) is 7.96. The maximum atomic E-state index is 6.17. The largest absolute Gasteiger partial charge is 0.393 e. The fourth-order valence-corrected chi connectivity index (χ4v) is 2.63. The molecule has 2 heterocycles. The molecule has 0 aliphatic carbocycles. The molecule has 0 aliphatic heterocycles. The van der Waals surface area contributed by atoms with Crippen LogP contribution in [0.4, 0.5) is 23.0 Å². The van der Waals surface area contributed by atoms with Gasteiger partial charge >= 0.3 is 0 Å². The summed E-state index contributed by atoms with van der Waals surface area (Å²) in [6, 6.07) is 7.81. The minimum atomic E-state index is 0.500. The van der Waals surface area contributed by atoms with Gasteiger partial charge in [0.05, 0.1) is 6.33 Å². The number of nitrogens with one attached hydrogen (secondary N) is 2. The van der Waals surface area contributed by atoms with Gasteiger partial charge < -0.3 is 20.9 Å². The molecule has 24 heavy (non-hydrogen) atoms.